The highest BCUT2D eigenvalue weighted by Gasteiger charge is 2.35. The van der Waals surface area contributed by atoms with Gasteiger partial charge in [0.05, 0.1) is 0 Å². The number of likely N-dealkylation sites (tertiary alicyclic amines) is 1. The fraction of sp³-hybridized carbons (Fsp3) is 0.360. The van der Waals surface area contributed by atoms with Crippen LogP contribution in [0.2, 0.25) is 0 Å². The number of nitrogens with zero attached hydrogens (tertiary/aromatic N) is 3. The first-order chi connectivity index (χ1) is 14.6. The summed E-state index contributed by atoms with van der Waals surface area (Å²) in [7, 11) is 0. The van der Waals surface area contributed by atoms with Gasteiger partial charge in [0.25, 0.3) is 0 Å². The molecule has 2 atom stereocenters. The van der Waals surface area contributed by atoms with Crippen LogP contribution in [0.3, 0.4) is 0 Å². The largest absolute Gasteiger partial charge is 0.338 e. The van der Waals surface area contributed by atoms with E-state index in [-0.39, 0.29) is 5.91 Å². The van der Waals surface area contributed by atoms with Crippen LogP contribution in [-0.4, -0.2) is 40.3 Å². The number of aromatic nitrogens is 1. The van der Waals surface area contributed by atoms with Crippen molar-refractivity contribution in [3.63, 3.8) is 0 Å². The van der Waals surface area contributed by atoms with Crippen LogP contribution in [0.4, 0.5) is 0 Å². The predicted molar refractivity (Wildman–Crippen MR) is 122 cm³/mol. The summed E-state index contributed by atoms with van der Waals surface area (Å²) in [5, 5.41) is 2.14. The highest BCUT2D eigenvalue weighted by Crippen LogP contribution is 2.35. The summed E-state index contributed by atoms with van der Waals surface area (Å²) >= 11 is 1.82. The summed E-state index contributed by atoms with van der Waals surface area (Å²) in [6, 6.07) is 17.2. The Labute approximate surface area is 183 Å². The average Bonchev–Trinajstić information content (AvgIpc) is 3.39. The molecule has 1 fully saturated rings. The lowest BCUT2D eigenvalue weighted by molar-refractivity contribution is -0.130. The van der Waals surface area contributed by atoms with E-state index in [4.69, 9.17) is 0 Å². The topological polar surface area (TPSA) is 36.4 Å². The molecule has 4 rings (SSSR count). The van der Waals surface area contributed by atoms with E-state index in [0.29, 0.717) is 18.4 Å². The molecule has 3 aromatic rings. The molecular weight excluding hydrogens is 390 g/mol. The van der Waals surface area contributed by atoms with E-state index in [1.165, 1.54) is 16.0 Å². The fourth-order valence-electron chi connectivity index (χ4n) is 4.39. The minimum absolute atomic E-state index is 0.123. The Balaban J connectivity index is 1.53. The molecule has 4 nitrogen and oxygen atoms in total. The van der Waals surface area contributed by atoms with E-state index in [2.05, 4.69) is 58.6 Å². The van der Waals surface area contributed by atoms with Crippen molar-refractivity contribution in [2.45, 2.75) is 32.9 Å². The van der Waals surface area contributed by atoms with Gasteiger partial charge in [-0.2, -0.15) is 0 Å². The lowest BCUT2D eigenvalue weighted by Gasteiger charge is -2.28. The Morgan fingerprint density at radius 1 is 1.17 bits per heavy atom. The molecule has 2 unspecified atom stereocenters. The van der Waals surface area contributed by atoms with Gasteiger partial charge in [-0.1, -0.05) is 42.0 Å². The third kappa shape index (κ3) is 5.15. The van der Waals surface area contributed by atoms with Crippen molar-refractivity contribution >= 4 is 17.2 Å². The highest BCUT2D eigenvalue weighted by molar-refractivity contribution is 7.09. The van der Waals surface area contributed by atoms with E-state index in [1.807, 2.05) is 34.6 Å². The Morgan fingerprint density at radius 2 is 2.00 bits per heavy atom. The van der Waals surface area contributed by atoms with E-state index < -0.39 is 0 Å². The van der Waals surface area contributed by atoms with Crippen molar-refractivity contribution in [1.29, 1.82) is 0 Å². The number of thiophene rings is 1. The fourth-order valence-corrected chi connectivity index (χ4v) is 5.13. The molecule has 0 N–H and O–H groups in total. The van der Waals surface area contributed by atoms with Gasteiger partial charge >= 0.3 is 0 Å². The van der Waals surface area contributed by atoms with Crippen LogP contribution in [0.1, 0.15) is 34.4 Å². The summed E-state index contributed by atoms with van der Waals surface area (Å²) in [5.74, 6) is 0.966. The molecule has 1 aliphatic rings. The number of carbonyl (C=O) groups excluding carboxylic acids is 1. The number of amides is 1. The minimum atomic E-state index is 0.123. The third-order valence-electron chi connectivity index (χ3n) is 5.98. The van der Waals surface area contributed by atoms with E-state index in [1.54, 1.807) is 13.1 Å². The summed E-state index contributed by atoms with van der Waals surface area (Å²) in [6.07, 6.45) is 3.62. The monoisotopic (exact) mass is 419 g/mol. The minimum Gasteiger partial charge on any atom is -0.338 e. The van der Waals surface area contributed by atoms with Gasteiger partial charge < -0.3 is 4.90 Å². The number of benzene rings is 1. The first kappa shape index (κ1) is 20.8. The number of rotatable bonds is 7. The molecule has 0 bridgehead atoms. The molecule has 1 saturated heterocycles. The molecule has 3 heterocycles. The van der Waals surface area contributed by atoms with Crippen molar-refractivity contribution in [1.82, 2.24) is 14.8 Å². The van der Waals surface area contributed by atoms with Gasteiger partial charge in [0.2, 0.25) is 5.91 Å². The standard InChI is InChI=1S/C25H29N3OS/c1-19-7-9-22(10-8-19)25-18-27(17-24-6-4-12-30-24)15-23(25)16-28(20(2)29)14-21-5-3-11-26-13-21/h3-13,23,25H,14-18H2,1-2H3. The zero-order valence-corrected chi connectivity index (χ0v) is 18.5. The first-order valence-electron chi connectivity index (χ1n) is 10.5. The maximum atomic E-state index is 12.5. The Bertz CT molecular complexity index is 940. The number of carbonyl (C=O) groups is 1. The predicted octanol–water partition coefficient (Wildman–Crippen LogP) is 4.72. The smallest absolute Gasteiger partial charge is 0.219 e. The van der Waals surface area contributed by atoms with E-state index in [0.717, 1.165) is 31.7 Å². The van der Waals surface area contributed by atoms with Gasteiger partial charge in [-0.05, 0) is 41.5 Å². The molecule has 156 valence electrons. The molecule has 1 aliphatic heterocycles. The van der Waals surface area contributed by atoms with Crippen LogP contribution < -0.4 is 0 Å². The molecule has 1 aromatic carbocycles. The summed E-state index contributed by atoms with van der Waals surface area (Å²) in [5.41, 5.74) is 3.74. The molecule has 0 aliphatic carbocycles. The second kappa shape index (κ2) is 9.54. The van der Waals surface area contributed by atoms with Crippen LogP contribution in [0, 0.1) is 12.8 Å². The summed E-state index contributed by atoms with van der Waals surface area (Å²) in [4.78, 5) is 22.6. The average molecular weight is 420 g/mol. The van der Waals surface area contributed by atoms with Gasteiger partial charge in [0, 0.05) is 62.8 Å². The Kier molecular flexibility index (Phi) is 6.60. The lowest BCUT2D eigenvalue weighted by Crippen LogP contribution is -2.35. The SMILES string of the molecule is CC(=O)N(Cc1cccnc1)CC1CN(Cc2cccs2)CC1c1ccc(C)cc1. The van der Waals surface area contributed by atoms with Crippen LogP contribution in [-0.2, 0) is 17.9 Å². The molecule has 1 amide bonds. The van der Waals surface area contributed by atoms with Gasteiger partial charge in [0.1, 0.15) is 0 Å². The number of hydrogen-bond acceptors (Lipinski definition) is 4. The number of hydrogen-bond donors (Lipinski definition) is 0. The molecular formula is C25H29N3OS. The van der Waals surface area contributed by atoms with Crippen molar-refractivity contribution in [3.8, 4) is 0 Å². The van der Waals surface area contributed by atoms with Gasteiger partial charge in [-0.3, -0.25) is 14.7 Å². The Morgan fingerprint density at radius 3 is 2.67 bits per heavy atom. The van der Waals surface area contributed by atoms with Crippen LogP contribution in [0.15, 0.2) is 66.3 Å². The van der Waals surface area contributed by atoms with Crippen molar-refractivity contribution in [3.05, 3.63) is 87.9 Å². The second-order valence-electron chi connectivity index (χ2n) is 8.31. The van der Waals surface area contributed by atoms with Crippen molar-refractivity contribution in [2.24, 2.45) is 5.92 Å². The molecule has 0 saturated carbocycles. The maximum Gasteiger partial charge on any atom is 0.219 e. The molecule has 0 radical (unpaired) electrons. The molecule has 2 aromatic heterocycles. The van der Waals surface area contributed by atoms with Crippen LogP contribution in [0.25, 0.3) is 0 Å². The molecule has 0 spiro atoms. The Hall–Kier alpha value is -2.50. The first-order valence-corrected chi connectivity index (χ1v) is 11.4. The van der Waals surface area contributed by atoms with Gasteiger partial charge in [0.15, 0.2) is 0 Å². The quantitative estimate of drug-likeness (QED) is 0.556. The van der Waals surface area contributed by atoms with Crippen molar-refractivity contribution < 1.29 is 4.79 Å². The van der Waals surface area contributed by atoms with Gasteiger partial charge in [-0.25, -0.2) is 0 Å². The normalized spacial score (nSPS) is 19.1. The highest BCUT2D eigenvalue weighted by atomic mass is 32.1. The molecule has 30 heavy (non-hydrogen) atoms. The zero-order valence-electron chi connectivity index (χ0n) is 17.7. The van der Waals surface area contributed by atoms with E-state index >= 15 is 0 Å². The third-order valence-corrected chi connectivity index (χ3v) is 6.84. The van der Waals surface area contributed by atoms with E-state index in [9.17, 15) is 4.79 Å². The number of pyridine rings is 1. The van der Waals surface area contributed by atoms with Crippen molar-refractivity contribution in [2.75, 3.05) is 19.6 Å². The molecule has 5 heteroatoms. The van der Waals surface area contributed by atoms with Crippen LogP contribution in [0.5, 0.6) is 0 Å². The number of aryl methyl sites for hydroxylation is 1. The summed E-state index contributed by atoms with van der Waals surface area (Å²) < 4.78 is 0. The van der Waals surface area contributed by atoms with Crippen LogP contribution >= 0.6 is 11.3 Å². The second-order valence-corrected chi connectivity index (χ2v) is 9.34. The summed E-state index contributed by atoms with van der Waals surface area (Å²) in [6.45, 7) is 8.21. The maximum absolute atomic E-state index is 12.5. The lowest BCUT2D eigenvalue weighted by atomic mass is 9.88. The van der Waals surface area contributed by atoms with Gasteiger partial charge in [-0.15, -0.1) is 11.3 Å². The zero-order chi connectivity index (χ0) is 20.9.